The van der Waals surface area contributed by atoms with Crippen LogP contribution in [0.15, 0.2) is 0 Å². The molecule has 0 aromatic rings. The van der Waals surface area contributed by atoms with Gasteiger partial charge in [0.1, 0.15) is 0 Å². The summed E-state index contributed by atoms with van der Waals surface area (Å²) in [5.74, 6) is 0.139. The number of rotatable bonds is 2. The molecule has 1 aliphatic carbocycles. The molecule has 74 valence electrons. The number of carbonyl (C=O) groups excluding carboxylic acids is 1. The lowest BCUT2D eigenvalue weighted by atomic mass is 9.80. The molecule has 0 bridgehead atoms. The molecule has 2 fully saturated rings. The number of hydrogen-bond donors (Lipinski definition) is 2. The SMILES string of the molecule is O=C1CC(S)CN1CC1(O)CCC1. The van der Waals surface area contributed by atoms with Crippen molar-refractivity contribution in [1.29, 1.82) is 0 Å². The molecule has 1 N–H and O–H groups in total. The monoisotopic (exact) mass is 201 g/mol. The number of β-amino-alcohol motifs (C(OH)–C–C–N with tert-alkyl or cyclic N) is 1. The molecule has 1 unspecified atom stereocenters. The first kappa shape index (κ1) is 9.34. The van der Waals surface area contributed by atoms with Gasteiger partial charge in [0.2, 0.25) is 5.91 Å². The van der Waals surface area contributed by atoms with Gasteiger partial charge in [-0.2, -0.15) is 12.6 Å². The van der Waals surface area contributed by atoms with Crippen LogP contribution in [0.2, 0.25) is 0 Å². The van der Waals surface area contributed by atoms with Crippen molar-refractivity contribution in [3.8, 4) is 0 Å². The van der Waals surface area contributed by atoms with Gasteiger partial charge in [-0.25, -0.2) is 0 Å². The zero-order valence-electron chi connectivity index (χ0n) is 7.57. The summed E-state index contributed by atoms with van der Waals surface area (Å²) < 4.78 is 0. The zero-order valence-corrected chi connectivity index (χ0v) is 8.46. The Morgan fingerprint density at radius 1 is 1.62 bits per heavy atom. The molecule has 1 heterocycles. The predicted molar refractivity (Wildman–Crippen MR) is 52.8 cm³/mol. The summed E-state index contributed by atoms with van der Waals surface area (Å²) in [7, 11) is 0. The Labute approximate surface area is 83.5 Å². The minimum Gasteiger partial charge on any atom is -0.388 e. The van der Waals surface area contributed by atoms with Gasteiger partial charge in [-0.1, -0.05) is 0 Å². The first-order chi connectivity index (χ1) is 6.09. The Morgan fingerprint density at radius 2 is 2.31 bits per heavy atom. The highest BCUT2D eigenvalue weighted by Crippen LogP contribution is 2.33. The standard InChI is InChI=1S/C9H15NO2S/c11-8-4-7(13)5-10(8)6-9(12)2-1-3-9/h7,12-13H,1-6H2. The Morgan fingerprint density at radius 3 is 2.69 bits per heavy atom. The minimum absolute atomic E-state index is 0.139. The van der Waals surface area contributed by atoms with E-state index in [0.717, 1.165) is 19.3 Å². The number of carbonyl (C=O) groups is 1. The van der Waals surface area contributed by atoms with Crippen molar-refractivity contribution in [1.82, 2.24) is 4.90 Å². The predicted octanol–water partition coefficient (Wildman–Crippen LogP) is 0.432. The Balaban J connectivity index is 1.91. The van der Waals surface area contributed by atoms with Crippen molar-refractivity contribution < 1.29 is 9.90 Å². The lowest BCUT2D eigenvalue weighted by molar-refractivity contribution is -0.133. The summed E-state index contributed by atoms with van der Waals surface area (Å²) in [6.45, 7) is 1.22. The van der Waals surface area contributed by atoms with Crippen molar-refractivity contribution in [3.63, 3.8) is 0 Å². The molecular formula is C9H15NO2S. The van der Waals surface area contributed by atoms with Gasteiger partial charge in [0.15, 0.2) is 0 Å². The fourth-order valence-electron chi connectivity index (χ4n) is 2.00. The number of aliphatic hydroxyl groups is 1. The van der Waals surface area contributed by atoms with E-state index in [0.29, 0.717) is 19.5 Å². The summed E-state index contributed by atoms with van der Waals surface area (Å²) >= 11 is 4.26. The van der Waals surface area contributed by atoms with Crippen molar-refractivity contribution >= 4 is 18.5 Å². The van der Waals surface area contributed by atoms with Gasteiger partial charge < -0.3 is 10.0 Å². The number of thiol groups is 1. The summed E-state index contributed by atoms with van der Waals surface area (Å²) in [5.41, 5.74) is -0.576. The van der Waals surface area contributed by atoms with Gasteiger partial charge >= 0.3 is 0 Å². The van der Waals surface area contributed by atoms with Crippen molar-refractivity contribution in [3.05, 3.63) is 0 Å². The normalized spacial score (nSPS) is 32.0. The summed E-state index contributed by atoms with van der Waals surface area (Å²) in [4.78, 5) is 13.1. The lowest BCUT2D eigenvalue weighted by Gasteiger charge is -2.39. The second-order valence-corrected chi connectivity index (χ2v) is 4.94. The van der Waals surface area contributed by atoms with E-state index >= 15 is 0 Å². The Bertz CT molecular complexity index is 228. The summed E-state index contributed by atoms with van der Waals surface area (Å²) in [6, 6.07) is 0. The van der Waals surface area contributed by atoms with Crippen LogP contribution in [0.4, 0.5) is 0 Å². The van der Waals surface area contributed by atoms with Gasteiger partial charge in [-0.15, -0.1) is 0 Å². The highest BCUT2D eigenvalue weighted by atomic mass is 32.1. The quantitative estimate of drug-likeness (QED) is 0.636. The van der Waals surface area contributed by atoms with Gasteiger partial charge in [0.25, 0.3) is 0 Å². The number of hydrogen-bond acceptors (Lipinski definition) is 3. The first-order valence-corrected chi connectivity index (χ1v) is 5.29. The molecule has 0 radical (unpaired) electrons. The van der Waals surface area contributed by atoms with E-state index < -0.39 is 5.60 Å². The van der Waals surface area contributed by atoms with Crippen molar-refractivity contribution in [2.24, 2.45) is 0 Å². The molecular weight excluding hydrogens is 186 g/mol. The molecule has 0 aromatic carbocycles. The Kier molecular flexibility index (Phi) is 2.28. The van der Waals surface area contributed by atoms with Crippen LogP contribution in [0.25, 0.3) is 0 Å². The third-order valence-corrected chi connectivity index (χ3v) is 3.31. The second kappa shape index (κ2) is 3.17. The molecule has 1 saturated carbocycles. The molecule has 13 heavy (non-hydrogen) atoms. The van der Waals surface area contributed by atoms with Crippen LogP contribution in [-0.4, -0.2) is 39.9 Å². The molecule has 1 saturated heterocycles. The van der Waals surface area contributed by atoms with Crippen LogP contribution in [-0.2, 0) is 4.79 Å². The maximum absolute atomic E-state index is 11.4. The van der Waals surface area contributed by atoms with E-state index in [9.17, 15) is 9.90 Å². The van der Waals surface area contributed by atoms with Crippen LogP contribution in [0.1, 0.15) is 25.7 Å². The molecule has 1 amide bonds. The van der Waals surface area contributed by atoms with Gasteiger partial charge in [-0.3, -0.25) is 4.79 Å². The average molecular weight is 201 g/mol. The van der Waals surface area contributed by atoms with Crippen LogP contribution in [0.5, 0.6) is 0 Å². The van der Waals surface area contributed by atoms with Gasteiger partial charge in [-0.05, 0) is 19.3 Å². The van der Waals surface area contributed by atoms with E-state index in [-0.39, 0.29) is 11.2 Å². The first-order valence-electron chi connectivity index (χ1n) is 4.77. The van der Waals surface area contributed by atoms with E-state index in [2.05, 4.69) is 12.6 Å². The zero-order chi connectivity index (χ0) is 9.47. The molecule has 0 spiro atoms. The number of nitrogens with zero attached hydrogens (tertiary/aromatic N) is 1. The van der Waals surface area contributed by atoms with Crippen molar-refractivity contribution in [2.75, 3.05) is 13.1 Å². The largest absolute Gasteiger partial charge is 0.388 e. The molecule has 3 nitrogen and oxygen atoms in total. The maximum Gasteiger partial charge on any atom is 0.223 e. The molecule has 1 aliphatic heterocycles. The molecule has 1 atom stereocenters. The fraction of sp³-hybridized carbons (Fsp3) is 0.889. The van der Waals surface area contributed by atoms with Crippen LogP contribution in [0, 0.1) is 0 Å². The van der Waals surface area contributed by atoms with Crippen LogP contribution in [0.3, 0.4) is 0 Å². The second-order valence-electron chi connectivity index (χ2n) is 4.21. The highest BCUT2D eigenvalue weighted by Gasteiger charge is 2.39. The average Bonchev–Trinajstić information content (AvgIpc) is 2.27. The lowest BCUT2D eigenvalue weighted by Crippen LogP contribution is -2.48. The maximum atomic E-state index is 11.4. The topological polar surface area (TPSA) is 40.5 Å². The Hall–Kier alpha value is -0.220. The van der Waals surface area contributed by atoms with Gasteiger partial charge in [0.05, 0.1) is 5.60 Å². The van der Waals surface area contributed by atoms with E-state index in [1.807, 2.05) is 0 Å². The van der Waals surface area contributed by atoms with Crippen LogP contribution >= 0.6 is 12.6 Å². The minimum atomic E-state index is -0.576. The highest BCUT2D eigenvalue weighted by molar-refractivity contribution is 7.81. The van der Waals surface area contributed by atoms with Gasteiger partial charge in [0, 0.05) is 24.8 Å². The molecule has 4 heteroatoms. The number of likely N-dealkylation sites (tertiary alicyclic amines) is 1. The molecule has 2 aliphatic rings. The number of amides is 1. The van der Waals surface area contributed by atoms with Crippen molar-refractivity contribution in [2.45, 2.75) is 36.5 Å². The smallest absolute Gasteiger partial charge is 0.223 e. The van der Waals surface area contributed by atoms with E-state index in [1.165, 1.54) is 0 Å². The molecule has 2 rings (SSSR count). The summed E-state index contributed by atoms with van der Waals surface area (Å²) in [5, 5.41) is 10.0. The van der Waals surface area contributed by atoms with Crippen LogP contribution < -0.4 is 0 Å². The van der Waals surface area contributed by atoms with E-state index in [1.54, 1.807) is 4.90 Å². The third-order valence-electron chi connectivity index (χ3n) is 2.96. The summed E-state index contributed by atoms with van der Waals surface area (Å²) in [6.07, 6.45) is 3.30. The van der Waals surface area contributed by atoms with E-state index in [4.69, 9.17) is 0 Å². The third kappa shape index (κ3) is 1.83. The fourth-order valence-corrected chi connectivity index (χ4v) is 2.36. The molecule has 0 aromatic heterocycles.